The average Bonchev–Trinajstić information content (AvgIpc) is 2.01. The zero-order chi connectivity index (χ0) is 11.6. The van der Waals surface area contributed by atoms with Crippen LogP contribution in [0, 0.1) is 0 Å². The molecule has 0 heterocycles. The second-order valence-electron chi connectivity index (χ2n) is 2.32. The number of esters is 1. The van der Waals surface area contributed by atoms with Crippen LogP contribution in [-0.4, -0.2) is 30.3 Å². The third kappa shape index (κ3) is 2.74. The third-order valence-electron chi connectivity index (χ3n) is 1.28. The number of hydrogen-bond donors (Lipinski definition) is 1. The third-order valence-corrected chi connectivity index (χ3v) is 2.30. The van der Waals surface area contributed by atoms with E-state index >= 15 is 0 Å². The van der Waals surface area contributed by atoms with Gasteiger partial charge in [0.05, 0.1) is 0 Å². The molecule has 0 aliphatic carbocycles. The first-order chi connectivity index (χ1) is 6.13. The Morgan fingerprint density at radius 1 is 1.64 bits per heavy atom. The summed E-state index contributed by atoms with van der Waals surface area (Å²) in [6.07, 6.45) is -1.70. The highest BCUT2D eigenvalue weighted by Crippen LogP contribution is 2.26. The molecule has 8 heteroatoms. The van der Waals surface area contributed by atoms with Crippen LogP contribution in [0.3, 0.4) is 0 Å². The number of carbonyl (C=O) groups is 1. The molecule has 0 aliphatic rings. The fourth-order valence-electron chi connectivity index (χ4n) is 0.501. The molecule has 0 aromatic heterocycles. The van der Waals surface area contributed by atoms with Crippen LogP contribution in [0.25, 0.3) is 0 Å². The summed E-state index contributed by atoms with van der Waals surface area (Å²) in [6.45, 7) is 3.56. The maximum absolute atomic E-state index is 12.7. The number of carbonyl (C=O) groups excluding carboxylic acids is 1. The van der Waals surface area contributed by atoms with Gasteiger partial charge in [-0.1, -0.05) is 6.58 Å². The van der Waals surface area contributed by atoms with Crippen LogP contribution in [-0.2, 0) is 19.6 Å². The molecule has 0 aliphatic heterocycles. The molecular weight excluding hydrogens is 222 g/mol. The quantitative estimate of drug-likeness (QED) is 0.434. The molecule has 82 valence electrons. The maximum atomic E-state index is 12.7. The molecule has 1 unspecified atom stereocenters. The highest BCUT2D eigenvalue weighted by atomic mass is 32.2. The highest BCUT2D eigenvalue weighted by molar-refractivity contribution is 7.86. The van der Waals surface area contributed by atoms with Crippen molar-refractivity contribution in [2.75, 3.05) is 0 Å². The fourth-order valence-corrected chi connectivity index (χ4v) is 0.968. The van der Waals surface area contributed by atoms with Gasteiger partial charge in [-0.3, -0.25) is 4.55 Å². The van der Waals surface area contributed by atoms with E-state index in [9.17, 15) is 22.0 Å². The predicted molar refractivity (Wildman–Crippen MR) is 42.2 cm³/mol. The molecule has 0 aromatic carbocycles. The Bertz CT molecular complexity index is 334. The average molecular weight is 230 g/mol. The molecule has 0 spiro atoms. The summed E-state index contributed by atoms with van der Waals surface area (Å²) in [5.74, 6) is -1.21. The summed E-state index contributed by atoms with van der Waals surface area (Å²) >= 11 is 0. The zero-order valence-electron chi connectivity index (χ0n) is 7.11. The second-order valence-corrected chi connectivity index (χ2v) is 3.81. The molecule has 0 rings (SSSR count). The van der Waals surface area contributed by atoms with Crippen molar-refractivity contribution in [1.82, 2.24) is 0 Å². The second kappa shape index (κ2) is 4.01. The summed E-state index contributed by atoms with van der Waals surface area (Å²) in [5, 5.41) is -4.54. The lowest BCUT2D eigenvalue weighted by Gasteiger charge is -2.19. The lowest BCUT2D eigenvalue weighted by atomic mass is 10.4. The molecule has 0 radical (unpaired) electrons. The van der Waals surface area contributed by atoms with Crippen molar-refractivity contribution < 1.29 is 31.3 Å². The first-order valence-corrected chi connectivity index (χ1v) is 4.74. The van der Waals surface area contributed by atoms with E-state index in [-0.39, 0.29) is 0 Å². The van der Waals surface area contributed by atoms with Crippen molar-refractivity contribution in [3.8, 4) is 0 Å². The summed E-state index contributed by atoms with van der Waals surface area (Å²) in [5.41, 5.74) is 0. The van der Waals surface area contributed by atoms with E-state index in [2.05, 4.69) is 11.3 Å². The van der Waals surface area contributed by atoms with Crippen LogP contribution in [0.5, 0.6) is 0 Å². The molecular formula is C6H8F2O5S. The minimum atomic E-state index is -5.60. The van der Waals surface area contributed by atoms with E-state index in [0.29, 0.717) is 13.0 Å². The summed E-state index contributed by atoms with van der Waals surface area (Å²) in [6, 6.07) is 0. The molecule has 0 amide bonds. The van der Waals surface area contributed by atoms with Crippen molar-refractivity contribution in [3.05, 3.63) is 12.7 Å². The van der Waals surface area contributed by atoms with Crippen LogP contribution in [0.15, 0.2) is 12.7 Å². The van der Waals surface area contributed by atoms with Crippen LogP contribution in [0.4, 0.5) is 8.78 Å². The standard InChI is InChI=1S/C6H8F2O5S/c1-3-5(9)13-4(2)6(7,8)14(10,11)12/h3-4H,1H2,2H3,(H,10,11,12). The first-order valence-electron chi connectivity index (χ1n) is 3.30. The normalized spacial score (nSPS) is 14.6. The monoisotopic (exact) mass is 230 g/mol. The van der Waals surface area contributed by atoms with E-state index in [1.165, 1.54) is 0 Å². The molecule has 1 atom stereocenters. The minimum absolute atomic E-state index is 0.594. The number of halogens is 2. The van der Waals surface area contributed by atoms with Crippen LogP contribution in [0.2, 0.25) is 0 Å². The van der Waals surface area contributed by atoms with Gasteiger partial charge in [-0.2, -0.15) is 17.2 Å². The first kappa shape index (κ1) is 13.0. The van der Waals surface area contributed by atoms with Gasteiger partial charge in [-0.25, -0.2) is 4.79 Å². The van der Waals surface area contributed by atoms with Crippen molar-refractivity contribution in [2.45, 2.75) is 18.3 Å². The van der Waals surface area contributed by atoms with Gasteiger partial charge in [0.15, 0.2) is 6.10 Å². The Kier molecular flexibility index (Phi) is 3.72. The van der Waals surface area contributed by atoms with E-state index in [0.717, 1.165) is 0 Å². The van der Waals surface area contributed by atoms with Gasteiger partial charge < -0.3 is 4.74 Å². The molecule has 0 bridgehead atoms. The summed E-state index contributed by atoms with van der Waals surface area (Å²) in [7, 11) is -5.60. The van der Waals surface area contributed by atoms with Gasteiger partial charge in [0.1, 0.15) is 0 Å². The Hall–Kier alpha value is -1.02. The summed E-state index contributed by atoms with van der Waals surface area (Å²) in [4.78, 5) is 10.4. The lowest BCUT2D eigenvalue weighted by Crippen LogP contribution is -2.41. The summed E-state index contributed by atoms with van der Waals surface area (Å²) < 4.78 is 57.7. The smallest absolute Gasteiger partial charge is 0.405 e. The number of rotatable bonds is 4. The number of ether oxygens (including phenoxy) is 1. The lowest BCUT2D eigenvalue weighted by molar-refractivity contribution is -0.153. The molecule has 0 saturated carbocycles. The SMILES string of the molecule is C=CC(=O)OC(C)C(F)(F)S(=O)(=O)O. The Balaban J connectivity index is 4.77. The molecule has 0 fully saturated rings. The van der Waals surface area contributed by atoms with E-state index in [4.69, 9.17) is 4.55 Å². The van der Waals surface area contributed by atoms with Gasteiger partial charge in [0.2, 0.25) is 0 Å². The molecule has 1 N–H and O–H groups in total. The van der Waals surface area contributed by atoms with Gasteiger partial charge in [0, 0.05) is 6.08 Å². The van der Waals surface area contributed by atoms with Gasteiger partial charge in [0.25, 0.3) is 0 Å². The van der Waals surface area contributed by atoms with Gasteiger partial charge in [-0.15, -0.1) is 0 Å². The topological polar surface area (TPSA) is 80.7 Å². The molecule has 14 heavy (non-hydrogen) atoms. The number of alkyl halides is 2. The predicted octanol–water partition coefficient (Wildman–Crippen LogP) is 0.585. The fraction of sp³-hybridized carbons (Fsp3) is 0.500. The highest BCUT2D eigenvalue weighted by Gasteiger charge is 2.51. The molecule has 0 aromatic rings. The van der Waals surface area contributed by atoms with Gasteiger partial charge >= 0.3 is 21.3 Å². The Morgan fingerprint density at radius 2 is 2.07 bits per heavy atom. The van der Waals surface area contributed by atoms with Crippen LogP contribution < -0.4 is 0 Å². The maximum Gasteiger partial charge on any atom is 0.405 e. The van der Waals surface area contributed by atoms with Crippen molar-refractivity contribution in [3.63, 3.8) is 0 Å². The van der Waals surface area contributed by atoms with Crippen molar-refractivity contribution >= 4 is 16.1 Å². The van der Waals surface area contributed by atoms with Gasteiger partial charge in [-0.05, 0) is 6.92 Å². The van der Waals surface area contributed by atoms with E-state index < -0.39 is 27.4 Å². The number of hydrogen-bond acceptors (Lipinski definition) is 4. The zero-order valence-corrected chi connectivity index (χ0v) is 7.92. The largest absolute Gasteiger partial charge is 0.452 e. The van der Waals surface area contributed by atoms with Crippen LogP contribution >= 0.6 is 0 Å². The van der Waals surface area contributed by atoms with E-state index in [1.807, 2.05) is 0 Å². The van der Waals surface area contributed by atoms with Crippen molar-refractivity contribution in [2.24, 2.45) is 0 Å². The minimum Gasteiger partial charge on any atom is -0.452 e. The van der Waals surface area contributed by atoms with E-state index in [1.54, 1.807) is 0 Å². The molecule has 0 saturated heterocycles. The molecule has 5 nitrogen and oxygen atoms in total. The van der Waals surface area contributed by atoms with Crippen molar-refractivity contribution in [1.29, 1.82) is 0 Å². The van der Waals surface area contributed by atoms with Crippen LogP contribution in [0.1, 0.15) is 6.92 Å². The Morgan fingerprint density at radius 3 is 2.36 bits per heavy atom. The Labute approximate surface area is 79.1 Å².